The van der Waals surface area contributed by atoms with Crippen LogP contribution in [0.1, 0.15) is 23.2 Å². The fourth-order valence-corrected chi connectivity index (χ4v) is 2.16. The number of hydrogen-bond donors (Lipinski definition) is 2. The predicted octanol–water partition coefficient (Wildman–Crippen LogP) is 1.30. The lowest BCUT2D eigenvalue weighted by Gasteiger charge is -2.12. The molecular weight excluding hydrogens is 235 g/mol. The van der Waals surface area contributed by atoms with Gasteiger partial charge in [0.2, 0.25) is 0 Å². The van der Waals surface area contributed by atoms with E-state index in [2.05, 4.69) is 5.32 Å². The van der Waals surface area contributed by atoms with Crippen molar-refractivity contribution in [2.75, 3.05) is 19.7 Å². The maximum atomic E-state index is 13.4. The first kappa shape index (κ1) is 12.8. The van der Waals surface area contributed by atoms with Gasteiger partial charge < -0.3 is 15.8 Å². The lowest BCUT2D eigenvalue weighted by Crippen LogP contribution is -2.16. The van der Waals surface area contributed by atoms with Gasteiger partial charge in [-0.25, -0.2) is 4.39 Å². The van der Waals surface area contributed by atoms with Gasteiger partial charge in [-0.1, -0.05) is 6.07 Å². The molecule has 1 amide bonds. The molecule has 0 saturated carbocycles. The van der Waals surface area contributed by atoms with Crippen LogP contribution in [-0.4, -0.2) is 25.6 Å². The number of primary amides is 1. The third-order valence-electron chi connectivity index (χ3n) is 3.17. The number of amides is 1. The molecule has 1 aromatic rings. The van der Waals surface area contributed by atoms with Gasteiger partial charge in [-0.3, -0.25) is 4.79 Å². The van der Waals surface area contributed by atoms with E-state index < -0.39 is 11.7 Å². The van der Waals surface area contributed by atoms with Crippen LogP contribution < -0.4 is 15.8 Å². The number of benzene rings is 1. The molecule has 0 spiro atoms. The van der Waals surface area contributed by atoms with E-state index in [1.165, 1.54) is 12.1 Å². The minimum atomic E-state index is -0.800. The Hall–Kier alpha value is -1.62. The SMILES string of the molecule is NC(=O)c1c(F)cccc1OCCC1CCNC1. The first-order valence-electron chi connectivity index (χ1n) is 6.10. The smallest absolute Gasteiger partial charge is 0.255 e. The van der Waals surface area contributed by atoms with E-state index in [4.69, 9.17) is 10.5 Å². The summed E-state index contributed by atoms with van der Waals surface area (Å²) in [6.07, 6.45) is 2.02. The molecule has 1 aromatic carbocycles. The molecule has 1 aliphatic rings. The number of nitrogens with two attached hydrogens (primary N) is 1. The fourth-order valence-electron chi connectivity index (χ4n) is 2.16. The van der Waals surface area contributed by atoms with Crippen LogP contribution in [0.4, 0.5) is 4.39 Å². The molecule has 1 atom stereocenters. The maximum Gasteiger partial charge on any atom is 0.255 e. The summed E-state index contributed by atoms with van der Waals surface area (Å²) in [7, 11) is 0. The standard InChI is InChI=1S/C13H17FN2O2/c14-10-2-1-3-11(12(10)13(15)17)18-7-5-9-4-6-16-8-9/h1-3,9,16H,4-8H2,(H2,15,17). The molecule has 5 heteroatoms. The van der Waals surface area contributed by atoms with Crippen molar-refractivity contribution in [1.82, 2.24) is 5.32 Å². The topological polar surface area (TPSA) is 64.4 Å². The van der Waals surface area contributed by atoms with Crippen LogP contribution in [0.15, 0.2) is 18.2 Å². The first-order valence-corrected chi connectivity index (χ1v) is 6.10. The summed E-state index contributed by atoms with van der Waals surface area (Å²) in [6, 6.07) is 4.28. The number of hydrogen-bond acceptors (Lipinski definition) is 3. The van der Waals surface area contributed by atoms with Gasteiger partial charge in [-0.15, -0.1) is 0 Å². The molecule has 3 N–H and O–H groups in total. The summed E-state index contributed by atoms with van der Waals surface area (Å²) < 4.78 is 18.9. The summed E-state index contributed by atoms with van der Waals surface area (Å²) in [6.45, 7) is 2.50. The van der Waals surface area contributed by atoms with Crippen LogP contribution in [-0.2, 0) is 0 Å². The molecule has 18 heavy (non-hydrogen) atoms. The molecule has 0 aromatic heterocycles. The van der Waals surface area contributed by atoms with Crippen LogP contribution >= 0.6 is 0 Å². The van der Waals surface area contributed by atoms with E-state index in [0.717, 1.165) is 25.9 Å². The van der Waals surface area contributed by atoms with Crippen molar-refractivity contribution in [3.8, 4) is 5.75 Å². The van der Waals surface area contributed by atoms with Gasteiger partial charge in [0.05, 0.1) is 6.61 Å². The predicted molar refractivity (Wildman–Crippen MR) is 66.0 cm³/mol. The Labute approximate surface area is 105 Å². The van der Waals surface area contributed by atoms with Gasteiger partial charge in [0, 0.05) is 0 Å². The Morgan fingerprint density at radius 3 is 3.06 bits per heavy atom. The van der Waals surface area contributed by atoms with Crippen molar-refractivity contribution in [2.24, 2.45) is 11.7 Å². The highest BCUT2D eigenvalue weighted by molar-refractivity contribution is 5.95. The third-order valence-corrected chi connectivity index (χ3v) is 3.17. The van der Waals surface area contributed by atoms with Gasteiger partial charge >= 0.3 is 0 Å². The number of halogens is 1. The van der Waals surface area contributed by atoms with Crippen molar-refractivity contribution >= 4 is 5.91 Å². The number of ether oxygens (including phenoxy) is 1. The molecule has 1 aliphatic heterocycles. The lowest BCUT2D eigenvalue weighted by atomic mass is 10.1. The average Bonchev–Trinajstić information content (AvgIpc) is 2.81. The normalized spacial score (nSPS) is 18.8. The van der Waals surface area contributed by atoms with Gasteiger partial charge in [-0.2, -0.15) is 0 Å². The van der Waals surface area contributed by atoms with Crippen LogP contribution in [0.3, 0.4) is 0 Å². The maximum absolute atomic E-state index is 13.4. The zero-order valence-electron chi connectivity index (χ0n) is 10.1. The average molecular weight is 252 g/mol. The highest BCUT2D eigenvalue weighted by Gasteiger charge is 2.17. The second-order valence-electron chi connectivity index (χ2n) is 4.47. The van der Waals surface area contributed by atoms with Crippen molar-refractivity contribution < 1.29 is 13.9 Å². The van der Waals surface area contributed by atoms with Gasteiger partial charge in [-0.05, 0) is 44.0 Å². The van der Waals surface area contributed by atoms with Crippen molar-refractivity contribution in [3.63, 3.8) is 0 Å². The minimum Gasteiger partial charge on any atom is -0.493 e. The van der Waals surface area contributed by atoms with Gasteiger partial charge in [0.15, 0.2) is 0 Å². The van der Waals surface area contributed by atoms with Crippen molar-refractivity contribution in [1.29, 1.82) is 0 Å². The van der Waals surface area contributed by atoms with Crippen LogP contribution in [0.5, 0.6) is 5.75 Å². The number of nitrogens with one attached hydrogen (secondary N) is 1. The first-order chi connectivity index (χ1) is 8.68. The van der Waals surface area contributed by atoms with Gasteiger partial charge in [0.1, 0.15) is 17.1 Å². The summed E-state index contributed by atoms with van der Waals surface area (Å²) in [5.41, 5.74) is 4.98. The van der Waals surface area contributed by atoms with Crippen LogP contribution in [0.2, 0.25) is 0 Å². The number of carbonyl (C=O) groups is 1. The minimum absolute atomic E-state index is 0.165. The third kappa shape index (κ3) is 2.98. The Morgan fingerprint density at radius 1 is 1.56 bits per heavy atom. The molecule has 1 heterocycles. The summed E-state index contributed by atoms with van der Waals surface area (Å²) in [4.78, 5) is 11.2. The van der Waals surface area contributed by atoms with Crippen molar-refractivity contribution in [2.45, 2.75) is 12.8 Å². The highest BCUT2D eigenvalue weighted by atomic mass is 19.1. The quantitative estimate of drug-likeness (QED) is 0.830. The van der Waals surface area contributed by atoms with E-state index >= 15 is 0 Å². The Morgan fingerprint density at radius 2 is 2.39 bits per heavy atom. The molecule has 1 unspecified atom stereocenters. The van der Waals surface area contributed by atoms with Crippen molar-refractivity contribution in [3.05, 3.63) is 29.6 Å². The molecule has 0 radical (unpaired) electrons. The number of rotatable bonds is 5. The summed E-state index contributed by atoms with van der Waals surface area (Å²) >= 11 is 0. The molecule has 98 valence electrons. The summed E-state index contributed by atoms with van der Waals surface area (Å²) in [5.74, 6) is -0.614. The monoisotopic (exact) mass is 252 g/mol. The number of carbonyl (C=O) groups excluding carboxylic acids is 1. The Bertz CT molecular complexity index is 431. The second-order valence-corrected chi connectivity index (χ2v) is 4.47. The van der Waals surface area contributed by atoms with E-state index in [-0.39, 0.29) is 11.3 Å². The van der Waals surface area contributed by atoms with E-state index in [0.29, 0.717) is 12.5 Å². The van der Waals surface area contributed by atoms with Crippen LogP contribution in [0.25, 0.3) is 0 Å². The Kier molecular flexibility index (Phi) is 4.15. The van der Waals surface area contributed by atoms with Crippen LogP contribution in [0, 0.1) is 11.7 Å². The van der Waals surface area contributed by atoms with E-state index in [1.54, 1.807) is 6.07 Å². The highest BCUT2D eigenvalue weighted by Crippen LogP contribution is 2.22. The fraction of sp³-hybridized carbons (Fsp3) is 0.462. The Balaban J connectivity index is 1.96. The lowest BCUT2D eigenvalue weighted by molar-refractivity contribution is 0.0992. The summed E-state index contributed by atoms with van der Waals surface area (Å²) in [5, 5.41) is 3.27. The molecule has 2 rings (SSSR count). The zero-order valence-corrected chi connectivity index (χ0v) is 10.1. The molecular formula is C13H17FN2O2. The van der Waals surface area contributed by atoms with E-state index in [1.807, 2.05) is 0 Å². The largest absolute Gasteiger partial charge is 0.493 e. The molecule has 0 bridgehead atoms. The molecule has 1 saturated heterocycles. The molecule has 4 nitrogen and oxygen atoms in total. The van der Waals surface area contributed by atoms with E-state index in [9.17, 15) is 9.18 Å². The second kappa shape index (κ2) is 5.82. The molecule has 0 aliphatic carbocycles. The zero-order chi connectivity index (χ0) is 13.0. The molecule has 1 fully saturated rings. The van der Waals surface area contributed by atoms with Gasteiger partial charge in [0.25, 0.3) is 5.91 Å².